The molecule has 0 unspecified atom stereocenters. The summed E-state index contributed by atoms with van der Waals surface area (Å²) in [6.45, 7) is 1.83. The van der Waals surface area contributed by atoms with Gasteiger partial charge in [0.05, 0.1) is 5.52 Å². The molecule has 0 atom stereocenters. The summed E-state index contributed by atoms with van der Waals surface area (Å²) in [6.07, 6.45) is 0.170. The maximum atomic E-state index is 11.8. The molecule has 2 N–H and O–H groups in total. The average molecular weight is 266 g/mol. The Balaban J connectivity index is 2.53. The number of halogens is 1. The molecule has 2 rings (SSSR count). The van der Waals surface area contributed by atoms with E-state index >= 15 is 0 Å². The largest absolute Gasteiger partial charge is 0.481 e. The van der Waals surface area contributed by atoms with Gasteiger partial charge in [0.25, 0.3) is 5.56 Å². The zero-order chi connectivity index (χ0) is 13.3. The van der Waals surface area contributed by atoms with E-state index in [1.165, 1.54) is 0 Å². The van der Waals surface area contributed by atoms with Crippen molar-refractivity contribution in [3.05, 3.63) is 44.7 Å². The van der Waals surface area contributed by atoms with Gasteiger partial charge in [0.2, 0.25) is 0 Å². The summed E-state index contributed by atoms with van der Waals surface area (Å²) in [5.41, 5.74) is 1.74. The second kappa shape index (κ2) is 4.82. The van der Waals surface area contributed by atoms with E-state index in [4.69, 9.17) is 16.7 Å². The van der Waals surface area contributed by atoms with Crippen LogP contribution in [0, 0.1) is 6.92 Å². The minimum Gasteiger partial charge on any atom is -0.481 e. The first-order valence-corrected chi connectivity index (χ1v) is 5.89. The van der Waals surface area contributed by atoms with Crippen LogP contribution in [0.4, 0.5) is 0 Å². The third-order valence-corrected chi connectivity index (χ3v) is 3.31. The van der Waals surface area contributed by atoms with Gasteiger partial charge >= 0.3 is 5.97 Å². The molecular formula is C13H12ClNO3. The van der Waals surface area contributed by atoms with Crippen LogP contribution in [0.3, 0.4) is 0 Å². The summed E-state index contributed by atoms with van der Waals surface area (Å²) in [5.74, 6) is -0.915. The normalized spacial score (nSPS) is 10.8. The third-order valence-electron chi connectivity index (χ3n) is 2.90. The van der Waals surface area contributed by atoms with Crippen LogP contribution in [0.5, 0.6) is 0 Å². The SMILES string of the molecule is Cc1c(Cl)ccc2cc(CCC(=O)O)c(=O)[nH]c12. The smallest absolute Gasteiger partial charge is 0.303 e. The molecule has 2 aromatic rings. The molecule has 0 bridgehead atoms. The number of fused-ring (bicyclic) bond motifs is 1. The van der Waals surface area contributed by atoms with Gasteiger partial charge in [-0.05, 0) is 36.4 Å². The van der Waals surface area contributed by atoms with Crippen molar-refractivity contribution in [2.45, 2.75) is 19.8 Å². The molecule has 1 heterocycles. The highest BCUT2D eigenvalue weighted by molar-refractivity contribution is 6.32. The van der Waals surface area contributed by atoms with Crippen LogP contribution in [0.1, 0.15) is 17.5 Å². The summed E-state index contributed by atoms with van der Waals surface area (Å²) in [5, 5.41) is 10.1. The van der Waals surface area contributed by atoms with Crippen molar-refractivity contribution < 1.29 is 9.90 Å². The molecule has 18 heavy (non-hydrogen) atoms. The molecule has 0 saturated heterocycles. The zero-order valence-electron chi connectivity index (χ0n) is 9.79. The van der Waals surface area contributed by atoms with Gasteiger partial charge in [-0.1, -0.05) is 17.7 Å². The van der Waals surface area contributed by atoms with E-state index in [9.17, 15) is 9.59 Å². The van der Waals surface area contributed by atoms with E-state index in [2.05, 4.69) is 4.98 Å². The Kier molecular flexibility index (Phi) is 3.39. The van der Waals surface area contributed by atoms with Crippen LogP contribution in [0.15, 0.2) is 23.0 Å². The molecule has 94 valence electrons. The van der Waals surface area contributed by atoms with Crippen LogP contribution in [0.25, 0.3) is 10.9 Å². The summed E-state index contributed by atoms with van der Waals surface area (Å²) < 4.78 is 0. The van der Waals surface area contributed by atoms with E-state index in [0.29, 0.717) is 16.1 Å². The van der Waals surface area contributed by atoms with Crippen molar-refractivity contribution in [1.29, 1.82) is 0 Å². The number of carboxylic acid groups (broad SMARTS) is 1. The first-order chi connectivity index (χ1) is 8.49. The Labute approximate surface area is 108 Å². The lowest BCUT2D eigenvalue weighted by Crippen LogP contribution is -2.14. The predicted octanol–water partition coefficient (Wildman–Crippen LogP) is 2.51. The number of rotatable bonds is 3. The van der Waals surface area contributed by atoms with Gasteiger partial charge in [-0.3, -0.25) is 9.59 Å². The van der Waals surface area contributed by atoms with Gasteiger partial charge in [-0.15, -0.1) is 0 Å². The molecule has 5 heteroatoms. The molecule has 0 aliphatic heterocycles. The van der Waals surface area contributed by atoms with Crippen LogP contribution < -0.4 is 5.56 Å². The summed E-state index contributed by atoms with van der Waals surface area (Å²) in [4.78, 5) is 25.1. The molecule has 0 radical (unpaired) electrons. The Morgan fingerprint density at radius 3 is 2.83 bits per heavy atom. The molecule has 0 aliphatic rings. The number of aryl methyl sites for hydroxylation is 2. The van der Waals surface area contributed by atoms with Crippen molar-refractivity contribution in [3.8, 4) is 0 Å². The quantitative estimate of drug-likeness (QED) is 0.896. The summed E-state index contributed by atoms with van der Waals surface area (Å²) in [6, 6.07) is 5.30. The average Bonchev–Trinajstić information content (AvgIpc) is 2.32. The zero-order valence-corrected chi connectivity index (χ0v) is 10.5. The molecular weight excluding hydrogens is 254 g/mol. The minimum absolute atomic E-state index is 0.0544. The highest BCUT2D eigenvalue weighted by Crippen LogP contribution is 2.23. The Hall–Kier alpha value is -1.81. The fourth-order valence-corrected chi connectivity index (χ4v) is 2.03. The highest BCUT2D eigenvalue weighted by atomic mass is 35.5. The number of nitrogens with one attached hydrogen (secondary N) is 1. The second-order valence-electron chi connectivity index (χ2n) is 4.15. The molecule has 1 aromatic carbocycles. The van der Waals surface area contributed by atoms with Gasteiger partial charge in [0.1, 0.15) is 0 Å². The monoisotopic (exact) mass is 265 g/mol. The van der Waals surface area contributed by atoms with E-state index in [0.717, 1.165) is 10.9 Å². The van der Waals surface area contributed by atoms with Gasteiger partial charge in [0.15, 0.2) is 0 Å². The standard InChI is InChI=1S/C13H12ClNO3/c1-7-10(14)4-2-8-6-9(3-5-11(16)17)13(18)15-12(7)8/h2,4,6H,3,5H2,1H3,(H,15,18)(H,16,17). The van der Waals surface area contributed by atoms with Gasteiger partial charge in [-0.25, -0.2) is 0 Å². The lowest BCUT2D eigenvalue weighted by Gasteiger charge is -2.06. The summed E-state index contributed by atoms with van der Waals surface area (Å²) in [7, 11) is 0. The van der Waals surface area contributed by atoms with Crippen molar-refractivity contribution in [2.75, 3.05) is 0 Å². The molecule has 1 aromatic heterocycles. The Morgan fingerprint density at radius 1 is 1.44 bits per heavy atom. The highest BCUT2D eigenvalue weighted by Gasteiger charge is 2.08. The number of aromatic nitrogens is 1. The van der Waals surface area contributed by atoms with Crippen LogP contribution in [0.2, 0.25) is 5.02 Å². The number of carbonyl (C=O) groups is 1. The fraction of sp³-hybridized carbons (Fsp3) is 0.231. The van der Waals surface area contributed by atoms with Crippen LogP contribution in [-0.4, -0.2) is 16.1 Å². The van der Waals surface area contributed by atoms with Gasteiger partial charge in [0, 0.05) is 17.0 Å². The van der Waals surface area contributed by atoms with Gasteiger partial charge < -0.3 is 10.1 Å². The van der Waals surface area contributed by atoms with Crippen LogP contribution >= 0.6 is 11.6 Å². The maximum absolute atomic E-state index is 11.8. The molecule has 0 aliphatic carbocycles. The Morgan fingerprint density at radius 2 is 2.17 bits per heavy atom. The topological polar surface area (TPSA) is 70.2 Å². The number of aromatic amines is 1. The molecule has 0 amide bonds. The predicted molar refractivity (Wildman–Crippen MR) is 70.3 cm³/mol. The summed E-state index contributed by atoms with van der Waals surface area (Å²) >= 11 is 5.98. The molecule has 0 fully saturated rings. The van der Waals surface area contributed by atoms with Gasteiger partial charge in [-0.2, -0.15) is 0 Å². The molecule has 0 spiro atoms. The fourth-order valence-electron chi connectivity index (χ4n) is 1.87. The maximum Gasteiger partial charge on any atom is 0.303 e. The van der Waals surface area contributed by atoms with Crippen molar-refractivity contribution in [2.24, 2.45) is 0 Å². The second-order valence-corrected chi connectivity index (χ2v) is 4.56. The Bertz CT molecular complexity index is 676. The number of aliphatic carboxylic acids is 1. The lowest BCUT2D eigenvalue weighted by molar-refractivity contribution is -0.136. The minimum atomic E-state index is -0.915. The first kappa shape index (κ1) is 12.6. The van der Waals surface area contributed by atoms with E-state index in [1.807, 2.05) is 13.0 Å². The number of hydrogen-bond donors (Lipinski definition) is 2. The van der Waals surface area contributed by atoms with E-state index < -0.39 is 5.97 Å². The van der Waals surface area contributed by atoms with Crippen molar-refractivity contribution in [1.82, 2.24) is 4.98 Å². The van der Waals surface area contributed by atoms with E-state index in [-0.39, 0.29) is 18.4 Å². The number of carboxylic acids is 1. The number of H-pyrrole nitrogens is 1. The molecule has 0 saturated carbocycles. The van der Waals surface area contributed by atoms with Crippen molar-refractivity contribution >= 4 is 28.5 Å². The number of hydrogen-bond acceptors (Lipinski definition) is 2. The lowest BCUT2D eigenvalue weighted by atomic mass is 10.1. The van der Waals surface area contributed by atoms with Crippen LogP contribution in [-0.2, 0) is 11.2 Å². The van der Waals surface area contributed by atoms with Crippen molar-refractivity contribution in [3.63, 3.8) is 0 Å². The third kappa shape index (κ3) is 2.38. The molecule has 4 nitrogen and oxygen atoms in total. The first-order valence-electron chi connectivity index (χ1n) is 5.52. The number of pyridine rings is 1. The van der Waals surface area contributed by atoms with E-state index in [1.54, 1.807) is 12.1 Å². The number of benzene rings is 1.